The van der Waals surface area contributed by atoms with Gasteiger partial charge in [0.15, 0.2) is 5.78 Å². The van der Waals surface area contributed by atoms with E-state index in [1.165, 1.54) is 0 Å². The monoisotopic (exact) mass is 337 g/mol. The third-order valence-corrected chi connectivity index (χ3v) is 4.99. The summed E-state index contributed by atoms with van der Waals surface area (Å²) in [5, 5.41) is 0.877. The van der Waals surface area contributed by atoms with E-state index in [2.05, 4.69) is 4.98 Å². The van der Waals surface area contributed by atoms with E-state index in [0.29, 0.717) is 29.7 Å². The van der Waals surface area contributed by atoms with Crippen LogP contribution in [0.5, 0.6) is 0 Å². The smallest absolute Gasteiger partial charge is 0.311 e. The number of carbonyl (C=O) groups is 2. The van der Waals surface area contributed by atoms with Crippen molar-refractivity contribution < 1.29 is 14.3 Å². The highest BCUT2D eigenvalue weighted by molar-refractivity contribution is 6.00. The summed E-state index contributed by atoms with van der Waals surface area (Å²) in [4.78, 5) is 40.3. The first-order valence-electron chi connectivity index (χ1n) is 8.43. The minimum absolute atomic E-state index is 0.0203. The highest BCUT2D eigenvalue weighted by atomic mass is 16.5. The average molecular weight is 337 g/mol. The second-order valence-corrected chi connectivity index (χ2v) is 7.65. The molecule has 2 aliphatic rings. The summed E-state index contributed by atoms with van der Waals surface area (Å²) in [6.07, 6.45) is 0.944. The number of benzene rings is 1. The minimum Gasteiger partial charge on any atom is -0.431 e. The molecule has 0 unspecified atom stereocenters. The molecule has 0 saturated carbocycles. The fraction of sp³-hybridized carbons (Fsp3) is 0.350. The standard InChI is InChI=1S/C20H19NO4/c1-20(2)9-15(22)18-12(8-17(23)25-16(18)10-20)13-7-11-5-3-4-6-14(11)21-19(13)24/h3-7,12H,8-10H2,1-2H3,(H,21,24)/t12-/m0/s1. The normalized spacial score (nSPS) is 22.7. The Labute approximate surface area is 144 Å². The van der Waals surface area contributed by atoms with Gasteiger partial charge in [-0.15, -0.1) is 0 Å². The van der Waals surface area contributed by atoms with Gasteiger partial charge in [-0.2, -0.15) is 0 Å². The van der Waals surface area contributed by atoms with Gasteiger partial charge in [0.25, 0.3) is 5.56 Å². The number of aromatic amines is 1. The molecule has 4 rings (SSSR count). The lowest BCUT2D eigenvalue weighted by molar-refractivity contribution is -0.142. The van der Waals surface area contributed by atoms with Crippen LogP contribution in [0, 0.1) is 5.41 Å². The number of ketones is 1. The molecule has 1 aromatic carbocycles. The van der Waals surface area contributed by atoms with Crippen LogP contribution in [0.15, 0.2) is 46.5 Å². The average Bonchev–Trinajstić information content (AvgIpc) is 2.51. The summed E-state index contributed by atoms with van der Waals surface area (Å²) < 4.78 is 5.38. The van der Waals surface area contributed by atoms with Gasteiger partial charge in [-0.25, -0.2) is 0 Å². The second-order valence-electron chi connectivity index (χ2n) is 7.65. The van der Waals surface area contributed by atoms with Crippen LogP contribution in [-0.4, -0.2) is 16.7 Å². The molecule has 5 nitrogen and oxygen atoms in total. The van der Waals surface area contributed by atoms with Crippen LogP contribution < -0.4 is 5.56 Å². The molecule has 0 spiro atoms. The van der Waals surface area contributed by atoms with Gasteiger partial charge in [-0.1, -0.05) is 32.0 Å². The maximum absolute atomic E-state index is 12.7. The molecule has 2 aromatic rings. The van der Waals surface area contributed by atoms with Crippen molar-refractivity contribution in [1.29, 1.82) is 0 Å². The SMILES string of the molecule is CC1(C)CC(=O)C2=C(C1)OC(=O)C[C@H]2c1cc2ccccc2[nH]c1=O. The number of esters is 1. The number of fused-ring (bicyclic) bond motifs is 1. The van der Waals surface area contributed by atoms with E-state index in [0.717, 1.165) is 10.9 Å². The van der Waals surface area contributed by atoms with Crippen LogP contribution in [0.3, 0.4) is 0 Å². The first-order chi connectivity index (χ1) is 11.8. The van der Waals surface area contributed by atoms with Crippen molar-refractivity contribution in [3.63, 3.8) is 0 Å². The Bertz CT molecular complexity index is 996. The molecule has 0 saturated heterocycles. The molecule has 0 bridgehead atoms. The Kier molecular flexibility index (Phi) is 3.42. The number of hydrogen-bond donors (Lipinski definition) is 1. The zero-order chi connectivity index (χ0) is 17.8. The van der Waals surface area contributed by atoms with Crippen molar-refractivity contribution in [1.82, 2.24) is 4.98 Å². The number of nitrogens with one attached hydrogen (secondary N) is 1. The molecule has 0 radical (unpaired) electrons. The number of hydrogen-bond acceptors (Lipinski definition) is 4. The van der Waals surface area contributed by atoms with Gasteiger partial charge >= 0.3 is 5.97 Å². The molecular weight excluding hydrogens is 318 g/mol. The molecule has 1 aliphatic carbocycles. The van der Waals surface area contributed by atoms with Gasteiger partial charge in [0.05, 0.1) is 6.42 Å². The topological polar surface area (TPSA) is 76.2 Å². The van der Waals surface area contributed by atoms with Gasteiger partial charge in [0.1, 0.15) is 5.76 Å². The lowest BCUT2D eigenvalue weighted by Gasteiger charge is -2.36. The van der Waals surface area contributed by atoms with Gasteiger partial charge in [-0.3, -0.25) is 14.4 Å². The van der Waals surface area contributed by atoms with Crippen LogP contribution in [0.25, 0.3) is 10.9 Å². The summed E-state index contributed by atoms with van der Waals surface area (Å²) in [5.74, 6) is -0.513. The number of ether oxygens (including phenoxy) is 1. The number of Topliss-reactive ketones (excluding diaryl/α,β-unsaturated/α-hetero) is 1. The molecule has 1 aromatic heterocycles. The predicted molar refractivity (Wildman–Crippen MR) is 93.1 cm³/mol. The molecule has 5 heteroatoms. The second kappa shape index (κ2) is 5.41. The van der Waals surface area contributed by atoms with Crippen LogP contribution >= 0.6 is 0 Å². The highest BCUT2D eigenvalue weighted by Gasteiger charge is 2.42. The molecule has 2 heterocycles. The third kappa shape index (κ3) is 2.69. The summed E-state index contributed by atoms with van der Waals surface area (Å²) in [6, 6.07) is 9.25. The largest absolute Gasteiger partial charge is 0.431 e. The van der Waals surface area contributed by atoms with Crippen LogP contribution in [0.4, 0.5) is 0 Å². The Balaban J connectivity index is 1.90. The molecule has 25 heavy (non-hydrogen) atoms. The van der Waals surface area contributed by atoms with E-state index in [1.54, 1.807) is 6.07 Å². The van der Waals surface area contributed by atoms with Crippen molar-refractivity contribution in [2.45, 2.75) is 39.0 Å². The van der Waals surface area contributed by atoms with E-state index in [1.807, 2.05) is 38.1 Å². The Morgan fingerprint density at radius 1 is 1.12 bits per heavy atom. The lowest BCUT2D eigenvalue weighted by Crippen LogP contribution is -2.35. The van der Waals surface area contributed by atoms with E-state index < -0.39 is 5.92 Å². The number of allylic oxidation sites excluding steroid dienone is 2. The zero-order valence-corrected chi connectivity index (χ0v) is 14.2. The highest BCUT2D eigenvalue weighted by Crippen LogP contribution is 2.45. The van der Waals surface area contributed by atoms with Crippen LogP contribution in [0.2, 0.25) is 0 Å². The fourth-order valence-corrected chi connectivity index (χ4v) is 3.89. The Hall–Kier alpha value is -2.69. The number of H-pyrrole nitrogens is 1. The molecule has 1 atom stereocenters. The molecule has 1 aliphatic heterocycles. The summed E-state index contributed by atoms with van der Waals surface area (Å²) in [6.45, 7) is 3.96. The maximum Gasteiger partial charge on any atom is 0.311 e. The van der Waals surface area contributed by atoms with Gasteiger partial charge in [0, 0.05) is 35.4 Å². The van der Waals surface area contributed by atoms with Gasteiger partial charge in [-0.05, 0) is 22.9 Å². The maximum atomic E-state index is 12.7. The quantitative estimate of drug-likeness (QED) is 0.811. The number of para-hydroxylation sites is 1. The third-order valence-electron chi connectivity index (χ3n) is 4.99. The van der Waals surface area contributed by atoms with Crippen molar-refractivity contribution >= 4 is 22.7 Å². The molecule has 0 fully saturated rings. The Morgan fingerprint density at radius 3 is 2.68 bits per heavy atom. The van der Waals surface area contributed by atoms with Crippen molar-refractivity contribution in [3.8, 4) is 0 Å². The number of pyridine rings is 1. The summed E-state index contributed by atoms with van der Waals surface area (Å²) in [5.41, 5.74) is 1.19. The first kappa shape index (κ1) is 15.8. The predicted octanol–water partition coefficient (Wildman–Crippen LogP) is 3.20. The lowest BCUT2D eigenvalue weighted by atomic mass is 9.71. The summed E-state index contributed by atoms with van der Waals surface area (Å²) in [7, 11) is 0. The molecule has 0 amide bonds. The first-order valence-corrected chi connectivity index (χ1v) is 8.43. The van der Waals surface area contributed by atoms with E-state index >= 15 is 0 Å². The van der Waals surface area contributed by atoms with Gasteiger partial charge < -0.3 is 9.72 Å². The minimum atomic E-state index is -0.534. The van der Waals surface area contributed by atoms with E-state index in [9.17, 15) is 14.4 Å². The van der Waals surface area contributed by atoms with E-state index in [-0.39, 0.29) is 29.1 Å². The van der Waals surface area contributed by atoms with Gasteiger partial charge in [0.2, 0.25) is 0 Å². The van der Waals surface area contributed by atoms with E-state index in [4.69, 9.17) is 4.74 Å². The Morgan fingerprint density at radius 2 is 1.88 bits per heavy atom. The number of carbonyl (C=O) groups excluding carboxylic acids is 2. The zero-order valence-electron chi connectivity index (χ0n) is 14.2. The number of rotatable bonds is 1. The summed E-state index contributed by atoms with van der Waals surface area (Å²) >= 11 is 0. The van der Waals surface area contributed by atoms with Crippen molar-refractivity contribution in [2.24, 2.45) is 5.41 Å². The van der Waals surface area contributed by atoms with Crippen LogP contribution in [0.1, 0.15) is 44.6 Å². The number of aromatic nitrogens is 1. The molecule has 128 valence electrons. The van der Waals surface area contributed by atoms with Crippen LogP contribution in [-0.2, 0) is 14.3 Å². The molecule has 1 N–H and O–H groups in total. The molecular formula is C20H19NO4. The van der Waals surface area contributed by atoms with Crippen molar-refractivity contribution in [3.05, 3.63) is 57.6 Å². The van der Waals surface area contributed by atoms with Crippen molar-refractivity contribution in [2.75, 3.05) is 0 Å². The fourth-order valence-electron chi connectivity index (χ4n) is 3.89.